The molecule has 1 fully saturated rings. The first-order chi connectivity index (χ1) is 8.16. The molecule has 1 aromatic rings. The molecule has 2 N–H and O–H groups in total. The SMILES string of the molecule is CCC1(C(=O)NCc2ncc(C)o2)CCNC1. The van der Waals surface area contributed by atoms with Crippen LogP contribution < -0.4 is 10.6 Å². The Hall–Kier alpha value is -1.36. The second kappa shape index (κ2) is 4.87. The van der Waals surface area contributed by atoms with Crippen molar-refractivity contribution < 1.29 is 9.21 Å². The van der Waals surface area contributed by atoms with E-state index < -0.39 is 0 Å². The quantitative estimate of drug-likeness (QED) is 0.819. The average molecular weight is 237 g/mol. The van der Waals surface area contributed by atoms with Crippen molar-refractivity contribution in [2.75, 3.05) is 13.1 Å². The lowest BCUT2D eigenvalue weighted by Crippen LogP contribution is -2.41. The van der Waals surface area contributed by atoms with E-state index in [9.17, 15) is 4.79 Å². The standard InChI is InChI=1S/C12H19N3O2/c1-3-12(4-5-13-8-12)11(16)15-7-10-14-6-9(2)17-10/h6,13H,3-5,7-8H2,1-2H3,(H,15,16). The fourth-order valence-corrected chi connectivity index (χ4v) is 2.23. The van der Waals surface area contributed by atoms with Gasteiger partial charge in [-0.25, -0.2) is 4.98 Å². The van der Waals surface area contributed by atoms with Gasteiger partial charge in [-0.3, -0.25) is 4.79 Å². The molecule has 5 heteroatoms. The number of hydrogen-bond donors (Lipinski definition) is 2. The van der Waals surface area contributed by atoms with Crippen molar-refractivity contribution in [1.82, 2.24) is 15.6 Å². The van der Waals surface area contributed by atoms with Gasteiger partial charge in [0, 0.05) is 6.54 Å². The first kappa shape index (κ1) is 12.1. The van der Waals surface area contributed by atoms with Crippen LogP contribution >= 0.6 is 0 Å². The maximum Gasteiger partial charge on any atom is 0.227 e. The van der Waals surface area contributed by atoms with E-state index in [2.05, 4.69) is 22.5 Å². The van der Waals surface area contributed by atoms with Gasteiger partial charge in [-0.15, -0.1) is 0 Å². The topological polar surface area (TPSA) is 67.2 Å². The van der Waals surface area contributed by atoms with E-state index in [1.165, 1.54) is 0 Å². The molecule has 0 radical (unpaired) electrons. The fraction of sp³-hybridized carbons (Fsp3) is 0.667. The lowest BCUT2D eigenvalue weighted by molar-refractivity contribution is -0.130. The third-order valence-corrected chi connectivity index (χ3v) is 3.47. The highest BCUT2D eigenvalue weighted by molar-refractivity contribution is 5.83. The summed E-state index contributed by atoms with van der Waals surface area (Å²) < 4.78 is 5.32. The van der Waals surface area contributed by atoms with E-state index in [1.807, 2.05) is 6.92 Å². The molecule has 0 aliphatic carbocycles. The van der Waals surface area contributed by atoms with Crippen molar-refractivity contribution >= 4 is 5.91 Å². The predicted molar refractivity (Wildman–Crippen MR) is 63.3 cm³/mol. The van der Waals surface area contributed by atoms with Crippen molar-refractivity contribution in [2.45, 2.75) is 33.2 Å². The van der Waals surface area contributed by atoms with Gasteiger partial charge in [0.2, 0.25) is 11.8 Å². The van der Waals surface area contributed by atoms with Crippen molar-refractivity contribution in [1.29, 1.82) is 0 Å². The summed E-state index contributed by atoms with van der Waals surface area (Å²) in [5.41, 5.74) is -0.248. The molecule has 1 aliphatic rings. The third kappa shape index (κ3) is 2.49. The van der Waals surface area contributed by atoms with Gasteiger partial charge in [0.25, 0.3) is 0 Å². The molecule has 2 heterocycles. The largest absolute Gasteiger partial charge is 0.444 e. The van der Waals surface area contributed by atoms with Gasteiger partial charge >= 0.3 is 0 Å². The molecule has 1 aromatic heterocycles. The minimum atomic E-state index is -0.248. The van der Waals surface area contributed by atoms with Gasteiger partial charge in [0.15, 0.2) is 0 Å². The number of nitrogens with one attached hydrogen (secondary N) is 2. The summed E-state index contributed by atoms with van der Waals surface area (Å²) >= 11 is 0. The molecule has 2 rings (SSSR count). The molecule has 1 saturated heterocycles. The molecular weight excluding hydrogens is 218 g/mol. The molecule has 1 aliphatic heterocycles. The molecule has 0 spiro atoms. The fourth-order valence-electron chi connectivity index (χ4n) is 2.23. The lowest BCUT2D eigenvalue weighted by Gasteiger charge is -2.24. The highest BCUT2D eigenvalue weighted by atomic mass is 16.4. The molecule has 5 nitrogen and oxygen atoms in total. The number of aromatic nitrogens is 1. The summed E-state index contributed by atoms with van der Waals surface area (Å²) in [5.74, 6) is 1.43. The number of carbonyl (C=O) groups excluding carboxylic acids is 1. The Morgan fingerprint density at radius 3 is 3.06 bits per heavy atom. The third-order valence-electron chi connectivity index (χ3n) is 3.47. The molecule has 94 valence electrons. The number of hydrogen-bond acceptors (Lipinski definition) is 4. The van der Waals surface area contributed by atoms with Crippen LogP contribution in [0.4, 0.5) is 0 Å². The summed E-state index contributed by atoms with van der Waals surface area (Å²) in [4.78, 5) is 16.2. The normalized spacial score (nSPS) is 23.9. The molecule has 1 amide bonds. The van der Waals surface area contributed by atoms with Crippen LogP contribution in [0.2, 0.25) is 0 Å². The van der Waals surface area contributed by atoms with Crippen LogP contribution in [0.3, 0.4) is 0 Å². The van der Waals surface area contributed by atoms with Crippen molar-refractivity contribution in [3.05, 3.63) is 17.8 Å². The molecule has 17 heavy (non-hydrogen) atoms. The highest BCUT2D eigenvalue weighted by Gasteiger charge is 2.39. The van der Waals surface area contributed by atoms with Gasteiger partial charge in [0.05, 0.1) is 18.2 Å². The molecule has 0 aromatic carbocycles. The van der Waals surface area contributed by atoms with Crippen molar-refractivity contribution in [3.63, 3.8) is 0 Å². The minimum Gasteiger partial charge on any atom is -0.444 e. The zero-order valence-corrected chi connectivity index (χ0v) is 10.4. The zero-order valence-electron chi connectivity index (χ0n) is 10.4. The lowest BCUT2D eigenvalue weighted by atomic mass is 9.83. The van der Waals surface area contributed by atoms with Gasteiger partial charge in [0.1, 0.15) is 5.76 Å². The Kier molecular flexibility index (Phi) is 3.47. The number of rotatable bonds is 4. The van der Waals surface area contributed by atoms with Crippen molar-refractivity contribution in [3.8, 4) is 0 Å². The van der Waals surface area contributed by atoms with Crippen LogP contribution in [0.15, 0.2) is 10.6 Å². The van der Waals surface area contributed by atoms with E-state index in [0.717, 1.165) is 31.7 Å². The van der Waals surface area contributed by atoms with Gasteiger partial charge in [-0.2, -0.15) is 0 Å². The Morgan fingerprint density at radius 1 is 1.71 bits per heavy atom. The number of nitrogens with zero attached hydrogens (tertiary/aromatic N) is 1. The van der Waals surface area contributed by atoms with Crippen molar-refractivity contribution in [2.24, 2.45) is 5.41 Å². The van der Waals surface area contributed by atoms with E-state index in [1.54, 1.807) is 6.20 Å². The Balaban J connectivity index is 1.92. The van der Waals surface area contributed by atoms with E-state index >= 15 is 0 Å². The van der Waals surface area contributed by atoms with Crippen LogP contribution in [0, 0.1) is 12.3 Å². The Morgan fingerprint density at radius 2 is 2.53 bits per heavy atom. The molecule has 0 bridgehead atoms. The molecular formula is C12H19N3O2. The zero-order chi connectivity index (χ0) is 12.3. The van der Waals surface area contributed by atoms with Gasteiger partial charge < -0.3 is 15.1 Å². The first-order valence-electron chi connectivity index (χ1n) is 6.06. The Bertz CT molecular complexity index is 394. The maximum atomic E-state index is 12.2. The molecule has 0 saturated carbocycles. The monoisotopic (exact) mass is 237 g/mol. The number of carbonyl (C=O) groups is 1. The van der Waals surface area contributed by atoms with Gasteiger partial charge in [-0.05, 0) is 26.3 Å². The van der Waals surface area contributed by atoms with Crippen LogP contribution in [0.1, 0.15) is 31.4 Å². The van der Waals surface area contributed by atoms with Crippen LogP contribution in [-0.2, 0) is 11.3 Å². The molecule has 1 atom stereocenters. The van der Waals surface area contributed by atoms with Crippen LogP contribution in [0.5, 0.6) is 0 Å². The highest BCUT2D eigenvalue weighted by Crippen LogP contribution is 2.29. The second-order valence-corrected chi connectivity index (χ2v) is 4.61. The summed E-state index contributed by atoms with van der Waals surface area (Å²) in [5, 5.41) is 6.16. The Labute approximate surface area is 101 Å². The summed E-state index contributed by atoms with van der Waals surface area (Å²) in [7, 11) is 0. The molecule has 1 unspecified atom stereocenters. The van der Waals surface area contributed by atoms with Crippen LogP contribution in [0.25, 0.3) is 0 Å². The van der Waals surface area contributed by atoms with E-state index in [0.29, 0.717) is 12.4 Å². The summed E-state index contributed by atoms with van der Waals surface area (Å²) in [6.45, 7) is 5.95. The summed E-state index contributed by atoms with van der Waals surface area (Å²) in [6, 6.07) is 0. The smallest absolute Gasteiger partial charge is 0.227 e. The predicted octanol–water partition coefficient (Wildman–Crippen LogP) is 0.989. The van der Waals surface area contributed by atoms with Crippen LogP contribution in [-0.4, -0.2) is 24.0 Å². The average Bonchev–Trinajstić information content (AvgIpc) is 2.95. The number of amides is 1. The van der Waals surface area contributed by atoms with E-state index in [-0.39, 0.29) is 11.3 Å². The van der Waals surface area contributed by atoms with E-state index in [4.69, 9.17) is 4.42 Å². The minimum absolute atomic E-state index is 0.0980. The summed E-state index contributed by atoms with van der Waals surface area (Å²) in [6.07, 6.45) is 3.42. The first-order valence-corrected chi connectivity index (χ1v) is 6.06. The number of aryl methyl sites for hydroxylation is 1. The second-order valence-electron chi connectivity index (χ2n) is 4.61. The van der Waals surface area contributed by atoms with Gasteiger partial charge in [-0.1, -0.05) is 6.92 Å². The number of oxazole rings is 1. The maximum absolute atomic E-state index is 12.2.